The van der Waals surface area contributed by atoms with E-state index in [2.05, 4.69) is 26.6 Å². The van der Waals surface area contributed by atoms with Crippen LogP contribution in [0.2, 0.25) is 0 Å². The highest BCUT2D eigenvalue weighted by molar-refractivity contribution is 6.12. The van der Waals surface area contributed by atoms with Gasteiger partial charge in [-0.1, -0.05) is 6.07 Å². The topological polar surface area (TPSA) is 94.6 Å². The number of piperidine rings is 1. The number of imide groups is 1. The summed E-state index contributed by atoms with van der Waals surface area (Å²) in [6.45, 7) is 2.73. The van der Waals surface area contributed by atoms with Crippen LogP contribution >= 0.6 is 0 Å². The molecule has 0 saturated carbocycles. The number of amides is 4. The van der Waals surface area contributed by atoms with Crippen molar-refractivity contribution in [3.05, 3.63) is 59.9 Å². The Morgan fingerprint density at radius 1 is 1.14 bits per heavy atom. The molecule has 150 valence electrons. The molecule has 0 atom stereocenters. The van der Waals surface area contributed by atoms with Crippen molar-refractivity contribution in [2.45, 2.75) is 25.4 Å². The summed E-state index contributed by atoms with van der Waals surface area (Å²) in [7, 11) is 0. The van der Waals surface area contributed by atoms with Crippen molar-refractivity contribution in [2.24, 2.45) is 0 Å². The molecule has 8 nitrogen and oxygen atoms in total. The molecule has 1 aromatic carbocycles. The molecule has 2 aliphatic heterocycles. The predicted octanol–water partition coefficient (Wildman–Crippen LogP) is 1.53. The quantitative estimate of drug-likeness (QED) is 0.752. The van der Waals surface area contributed by atoms with Gasteiger partial charge in [-0.25, -0.2) is 4.79 Å². The lowest BCUT2D eigenvalue weighted by Gasteiger charge is -2.32. The highest BCUT2D eigenvalue weighted by atomic mass is 16.2. The summed E-state index contributed by atoms with van der Waals surface area (Å²) < 4.78 is 0. The Kier molecular flexibility index (Phi) is 5.53. The molecule has 0 bridgehead atoms. The molecule has 0 aliphatic carbocycles. The number of pyridine rings is 1. The molecule has 2 N–H and O–H groups in total. The molecule has 2 aliphatic rings. The Morgan fingerprint density at radius 3 is 2.52 bits per heavy atom. The standard InChI is InChI=1S/C21H23N5O3/c27-19-14-26(21(29)24-19)18-5-3-16(4-6-18)20(28)23-17-7-10-25(11-8-17)13-15-2-1-9-22-12-15/h1-6,9,12,17H,7-8,10-11,13-14H2,(H,23,28)(H,24,27,29). The molecular formula is C21H23N5O3. The Balaban J connectivity index is 1.28. The third-order valence-corrected chi connectivity index (χ3v) is 5.29. The fraction of sp³-hybridized carbons (Fsp3) is 0.333. The number of nitrogens with zero attached hydrogens (tertiary/aromatic N) is 3. The van der Waals surface area contributed by atoms with Crippen molar-refractivity contribution < 1.29 is 14.4 Å². The van der Waals surface area contributed by atoms with E-state index in [1.165, 1.54) is 10.5 Å². The van der Waals surface area contributed by atoms with Gasteiger partial charge in [0.15, 0.2) is 0 Å². The zero-order valence-electron chi connectivity index (χ0n) is 16.0. The number of urea groups is 1. The zero-order valence-corrected chi connectivity index (χ0v) is 16.0. The van der Waals surface area contributed by atoms with E-state index in [1.807, 2.05) is 12.3 Å². The van der Waals surface area contributed by atoms with Gasteiger partial charge in [0.05, 0.1) is 0 Å². The van der Waals surface area contributed by atoms with Crippen LogP contribution in [-0.2, 0) is 11.3 Å². The van der Waals surface area contributed by atoms with Crippen LogP contribution in [0.5, 0.6) is 0 Å². The maximum absolute atomic E-state index is 12.6. The largest absolute Gasteiger partial charge is 0.349 e. The molecule has 3 heterocycles. The molecule has 29 heavy (non-hydrogen) atoms. The number of carbonyl (C=O) groups is 3. The molecule has 0 radical (unpaired) electrons. The summed E-state index contributed by atoms with van der Waals surface area (Å²) in [6.07, 6.45) is 5.47. The summed E-state index contributed by atoms with van der Waals surface area (Å²) in [4.78, 5) is 43.5. The third-order valence-electron chi connectivity index (χ3n) is 5.29. The highest BCUT2D eigenvalue weighted by Crippen LogP contribution is 2.18. The summed E-state index contributed by atoms with van der Waals surface area (Å²) >= 11 is 0. The zero-order chi connectivity index (χ0) is 20.2. The van der Waals surface area contributed by atoms with Crippen molar-refractivity contribution in [2.75, 3.05) is 24.5 Å². The second-order valence-corrected chi connectivity index (χ2v) is 7.37. The van der Waals surface area contributed by atoms with Crippen molar-refractivity contribution in [1.29, 1.82) is 0 Å². The Hall–Kier alpha value is -3.26. The molecule has 4 amide bonds. The van der Waals surface area contributed by atoms with Crippen LogP contribution in [0.3, 0.4) is 0 Å². The van der Waals surface area contributed by atoms with Gasteiger partial charge in [0.25, 0.3) is 5.91 Å². The first-order valence-corrected chi connectivity index (χ1v) is 9.72. The predicted molar refractivity (Wildman–Crippen MR) is 107 cm³/mol. The molecule has 4 rings (SSSR count). The summed E-state index contributed by atoms with van der Waals surface area (Å²) in [6, 6.07) is 10.5. The number of likely N-dealkylation sites (tertiary alicyclic amines) is 1. The second-order valence-electron chi connectivity index (χ2n) is 7.37. The van der Waals surface area contributed by atoms with E-state index in [1.54, 1.807) is 30.5 Å². The van der Waals surface area contributed by atoms with Gasteiger partial charge in [-0.05, 0) is 48.7 Å². The van der Waals surface area contributed by atoms with E-state index in [-0.39, 0.29) is 24.4 Å². The molecule has 0 spiro atoms. The molecule has 2 saturated heterocycles. The van der Waals surface area contributed by atoms with Gasteiger partial charge in [-0.3, -0.25) is 29.7 Å². The van der Waals surface area contributed by atoms with Crippen molar-refractivity contribution in [3.63, 3.8) is 0 Å². The highest BCUT2D eigenvalue weighted by Gasteiger charge is 2.28. The second kappa shape index (κ2) is 8.40. The minimum atomic E-state index is -0.440. The molecular weight excluding hydrogens is 370 g/mol. The number of rotatable bonds is 5. The lowest BCUT2D eigenvalue weighted by Crippen LogP contribution is -2.44. The maximum atomic E-state index is 12.6. The van der Waals surface area contributed by atoms with Crippen LogP contribution in [-0.4, -0.2) is 53.4 Å². The number of aromatic nitrogens is 1. The van der Waals surface area contributed by atoms with E-state index >= 15 is 0 Å². The number of hydrogen-bond donors (Lipinski definition) is 2. The van der Waals surface area contributed by atoms with Gasteiger partial charge in [-0.2, -0.15) is 0 Å². The number of carbonyl (C=O) groups excluding carboxylic acids is 3. The van der Waals surface area contributed by atoms with E-state index in [4.69, 9.17) is 0 Å². The molecule has 2 aromatic rings. The number of anilines is 1. The first kappa shape index (κ1) is 19.1. The van der Waals surface area contributed by atoms with E-state index < -0.39 is 6.03 Å². The van der Waals surface area contributed by atoms with Crippen LogP contribution in [0.25, 0.3) is 0 Å². The van der Waals surface area contributed by atoms with Gasteiger partial charge in [-0.15, -0.1) is 0 Å². The molecule has 0 unspecified atom stereocenters. The van der Waals surface area contributed by atoms with Gasteiger partial charge in [0.2, 0.25) is 5.91 Å². The minimum Gasteiger partial charge on any atom is -0.349 e. The monoisotopic (exact) mass is 393 g/mol. The van der Waals surface area contributed by atoms with Gasteiger partial charge >= 0.3 is 6.03 Å². The van der Waals surface area contributed by atoms with Crippen molar-refractivity contribution in [3.8, 4) is 0 Å². The Labute approximate surface area is 168 Å². The van der Waals surface area contributed by atoms with Crippen LogP contribution < -0.4 is 15.5 Å². The number of benzene rings is 1. The van der Waals surface area contributed by atoms with Gasteiger partial charge in [0, 0.05) is 49.3 Å². The smallest absolute Gasteiger partial charge is 0.329 e. The Bertz CT molecular complexity index is 892. The summed E-state index contributed by atoms with van der Waals surface area (Å²) in [5.41, 5.74) is 2.33. The lowest BCUT2D eigenvalue weighted by atomic mass is 10.0. The molecule has 1 aromatic heterocycles. The van der Waals surface area contributed by atoms with Crippen molar-refractivity contribution in [1.82, 2.24) is 20.5 Å². The average Bonchev–Trinajstić information content (AvgIpc) is 3.08. The average molecular weight is 393 g/mol. The lowest BCUT2D eigenvalue weighted by molar-refractivity contribution is -0.117. The van der Waals surface area contributed by atoms with Crippen LogP contribution in [0, 0.1) is 0 Å². The summed E-state index contributed by atoms with van der Waals surface area (Å²) in [5, 5.41) is 5.34. The van der Waals surface area contributed by atoms with E-state index in [9.17, 15) is 14.4 Å². The number of hydrogen-bond acceptors (Lipinski definition) is 5. The number of nitrogens with one attached hydrogen (secondary N) is 2. The van der Waals surface area contributed by atoms with Gasteiger partial charge < -0.3 is 5.32 Å². The van der Waals surface area contributed by atoms with Gasteiger partial charge in [0.1, 0.15) is 6.54 Å². The van der Waals surface area contributed by atoms with Crippen LogP contribution in [0.4, 0.5) is 10.5 Å². The fourth-order valence-corrected chi connectivity index (χ4v) is 3.70. The Morgan fingerprint density at radius 2 is 1.90 bits per heavy atom. The molecule has 8 heteroatoms. The first-order chi connectivity index (χ1) is 14.1. The summed E-state index contributed by atoms with van der Waals surface area (Å²) in [5.74, 6) is -0.448. The fourth-order valence-electron chi connectivity index (χ4n) is 3.70. The van der Waals surface area contributed by atoms with Crippen molar-refractivity contribution >= 4 is 23.5 Å². The van der Waals surface area contributed by atoms with E-state index in [0.717, 1.165) is 32.5 Å². The van der Waals surface area contributed by atoms with Crippen LogP contribution in [0.15, 0.2) is 48.8 Å². The maximum Gasteiger partial charge on any atom is 0.329 e. The first-order valence-electron chi connectivity index (χ1n) is 9.72. The SMILES string of the molecule is O=C1CN(c2ccc(C(=O)NC3CCN(Cc4cccnc4)CC3)cc2)C(=O)N1. The normalized spacial score (nSPS) is 18.0. The van der Waals surface area contributed by atoms with Crippen LogP contribution in [0.1, 0.15) is 28.8 Å². The van der Waals surface area contributed by atoms with E-state index in [0.29, 0.717) is 11.3 Å². The third kappa shape index (κ3) is 4.60. The minimum absolute atomic E-state index is 0.00198. The molecule has 2 fully saturated rings.